The van der Waals surface area contributed by atoms with Crippen LogP contribution in [0.5, 0.6) is 0 Å². The van der Waals surface area contributed by atoms with Crippen molar-refractivity contribution in [1.29, 1.82) is 0 Å². The van der Waals surface area contributed by atoms with Gasteiger partial charge in [0.2, 0.25) is 5.91 Å². The van der Waals surface area contributed by atoms with Gasteiger partial charge in [0.1, 0.15) is 0 Å². The van der Waals surface area contributed by atoms with Gasteiger partial charge in [-0.1, -0.05) is 0 Å². The van der Waals surface area contributed by atoms with Gasteiger partial charge in [-0.25, -0.2) is 4.79 Å². The molecule has 0 radical (unpaired) electrons. The summed E-state index contributed by atoms with van der Waals surface area (Å²) in [4.78, 5) is 19.5. The van der Waals surface area contributed by atoms with E-state index in [0.717, 1.165) is 19.6 Å². The summed E-state index contributed by atoms with van der Waals surface area (Å²) >= 11 is 0. The molecule has 0 aromatic heterocycles. The van der Waals surface area contributed by atoms with Gasteiger partial charge in [0.15, 0.2) is 0 Å². The normalized spacial score (nSPS) is 16.4. The van der Waals surface area contributed by atoms with Crippen molar-refractivity contribution in [3.05, 3.63) is 0 Å². The van der Waals surface area contributed by atoms with Gasteiger partial charge in [-0.2, -0.15) is 13.2 Å². The topological polar surface area (TPSA) is 78.4 Å². The molecule has 1 saturated heterocycles. The van der Waals surface area contributed by atoms with Crippen LogP contribution in [-0.4, -0.2) is 42.8 Å². The van der Waals surface area contributed by atoms with Crippen molar-refractivity contribution in [2.75, 3.05) is 19.6 Å². The Kier molecular flexibility index (Phi) is 7.33. The molecule has 0 unspecified atom stereocenters. The van der Waals surface area contributed by atoms with Crippen molar-refractivity contribution >= 4 is 11.9 Å². The van der Waals surface area contributed by atoms with Gasteiger partial charge >= 0.3 is 12.1 Å². The Morgan fingerprint density at radius 2 is 1.78 bits per heavy atom. The molecule has 8 heteroatoms. The standard InChI is InChI=1S/C8H16N2O.C2HF3O2/c1-7(11)10-6-8-2-4-9-5-3-8;3-2(4,5)1(6)7/h8-9H,2-6H2,1H3,(H,10,11);(H,6,7). The van der Waals surface area contributed by atoms with E-state index in [2.05, 4.69) is 10.6 Å². The summed E-state index contributed by atoms with van der Waals surface area (Å²) in [6.45, 7) is 4.63. The van der Waals surface area contributed by atoms with Crippen LogP contribution in [0.3, 0.4) is 0 Å². The summed E-state index contributed by atoms with van der Waals surface area (Å²) in [5.41, 5.74) is 0. The van der Waals surface area contributed by atoms with Crippen LogP contribution in [0.4, 0.5) is 13.2 Å². The first-order valence-electron chi connectivity index (χ1n) is 5.48. The van der Waals surface area contributed by atoms with Crippen LogP contribution in [0.25, 0.3) is 0 Å². The zero-order valence-corrected chi connectivity index (χ0v) is 10.0. The summed E-state index contributed by atoms with van der Waals surface area (Å²) in [6.07, 6.45) is -2.69. The van der Waals surface area contributed by atoms with Crippen LogP contribution < -0.4 is 10.6 Å². The third kappa shape index (κ3) is 8.80. The van der Waals surface area contributed by atoms with E-state index in [1.165, 1.54) is 12.8 Å². The molecule has 3 N–H and O–H groups in total. The van der Waals surface area contributed by atoms with Crippen molar-refractivity contribution in [2.24, 2.45) is 5.92 Å². The number of carboxylic acids is 1. The first kappa shape index (κ1) is 16.7. The molecule has 1 amide bonds. The average Bonchev–Trinajstić information content (AvgIpc) is 2.27. The number of aliphatic carboxylic acids is 1. The molecule has 106 valence electrons. The molecule has 1 rings (SSSR count). The summed E-state index contributed by atoms with van der Waals surface area (Å²) in [6, 6.07) is 0. The molecule has 1 aliphatic rings. The molecule has 18 heavy (non-hydrogen) atoms. The third-order valence-electron chi connectivity index (χ3n) is 2.34. The van der Waals surface area contributed by atoms with Crippen LogP contribution >= 0.6 is 0 Å². The fourth-order valence-electron chi connectivity index (χ4n) is 1.37. The molecule has 0 saturated carbocycles. The highest BCUT2D eigenvalue weighted by atomic mass is 19.4. The van der Waals surface area contributed by atoms with Gasteiger partial charge in [0.25, 0.3) is 0 Å². The number of carboxylic acid groups (broad SMARTS) is 1. The lowest BCUT2D eigenvalue weighted by Crippen LogP contribution is -2.35. The maximum absolute atomic E-state index is 10.6. The molecule has 5 nitrogen and oxygen atoms in total. The molecule has 1 aliphatic heterocycles. The van der Waals surface area contributed by atoms with Crippen molar-refractivity contribution in [3.8, 4) is 0 Å². The molecule has 1 fully saturated rings. The number of alkyl halides is 3. The maximum Gasteiger partial charge on any atom is 0.490 e. The van der Waals surface area contributed by atoms with Gasteiger partial charge < -0.3 is 15.7 Å². The van der Waals surface area contributed by atoms with E-state index >= 15 is 0 Å². The molecule has 1 heterocycles. The Morgan fingerprint density at radius 1 is 1.33 bits per heavy atom. The summed E-state index contributed by atoms with van der Waals surface area (Å²) in [7, 11) is 0. The number of hydrogen-bond acceptors (Lipinski definition) is 3. The number of carbonyl (C=O) groups is 2. The van der Waals surface area contributed by atoms with Gasteiger partial charge in [-0.15, -0.1) is 0 Å². The summed E-state index contributed by atoms with van der Waals surface area (Å²) < 4.78 is 31.7. The number of rotatable bonds is 2. The second kappa shape index (κ2) is 7.91. The zero-order chi connectivity index (χ0) is 14.2. The lowest BCUT2D eigenvalue weighted by Gasteiger charge is -2.22. The molecule has 0 aromatic carbocycles. The van der Waals surface area contributed by atoms with Gasteiger partial charge in [0, 0.05) is 13.5 Å². The first-order valence-corrected chi connectivity index (χ1v) is 5.48. The Bertz CT molecular complexity index is 276. The smallest absolute Gasteiger partial charge is 0.475 e. The molecule has 0 aliphatic carbocycles. The Morgan fingerprint density at radius 3 is 2.11 bits per heavy atom. The minimum Gasteiger partial charge on any atom is -0.475 e. The highest BCUT2D eigenvalue weighted by Gasteiger charge is 2.38. The van der Waals surface area contributed by atoms with E-state index in [1.807, 2.05) is 0 Å². The Hall–Kier alpha value is -1.31. The van der Waals surface area contributed by atoms with E-state index in [9.17, 15) is 18.0 Å². The number of piperidine rings is 1. The van der Waals surface area contributed by atoms with E-state index in [0.29, 0.717) is 5.92 Å². The highest BCUT2D eigenvalue weighted by Crippen LogP contribution is 2.13. The second-order valence-corrected chi connectivity index (χ2v) is 3.93. The van der Waals surface area contributed by atoms with Crippen LogP contribution in [0, 0.1) is 5.92 Å². The van der Waals surface area contributed by atoms with Crippen molar-refractivity contribution in [3.63, 3.8) is 0 Å². The minimum atomic E-state index is -5.08. The Labute approximate surface area is 103 Å². The number of carbonyl (C=O) groups excluding carboxylic acids is 1. The molecular formula is C10H17F3N2O3. The number of halogens is 3. The SMILES string of the molecule is CC(=O)NCC1CCNCC1.O=C(O)C(F)(F)F. The third-order valence-corrected chi connectivity index (χ3v) is 2.34. The fraction of sp³-hybridized carbons (Fsp3) is 0.800. The van der Waals surface area contributed by atoms with Crippen LogP contribution in [0.15, 0.2) is 0 Å². The zero-order valence-electron chi connectivity index (χ0n) is 10.0. The van der Waals surface area contributed by atoms with E-state index in [-0.39, 0.29) is 5.91 Å². The molecule has 0 bridgehead atoms. The number of nitrogens with one attached hydrogen (secondary N) is 2. The predicted molar refractivity (Wildman–Crippen MR) is 58.0 cm³/mol. The quantitative estimate of drug-likeness (QED) is 0.692. The predicted octanol–water partition coefficient (Wildman–Crippen LogP) is 0.755. The minimum absolute atomic E-state index is 0.0866. The summed E-state index contributed by atoms with van der Waals surface area (Å²) in [5.74, 6) is -1.98. The second-order valence-electron chi connectivity index (χ2n) is 3.93. The van der Waals surface area contributed by atoms with E-state index in [4.69, 9.17) is 9.90 Å². The van der Waals surface area contributed by atoms with Gasteiger partial charge in [-0.05, 0) is 31.8 Å². The lowest BCUT2D eigenvalue weighted by molar-refractivity contribution is -0.192. The monoisotopic (exact) mass is 270 g/mol. The van der Waals surface area contributed by atoms with E-state index in [1.54, 1.807) is 6.92 Å². The molecule has 0 aromatic rings. The van der Waals surface area contributed by atoms with E-state index < -0.39 is 12.1 Å². The number of hydrogen-bond donors (Lipinski definition) is 3. The van der Waals surface area contributed by atoms with Gasteiger partial charge in [-0.3, -0.25) is 4.79 Å². The average molecular weight is 270 g/mol. The molecule has 0 spiro atoms. The molecular weight excluding hydrogens is 253 g/mol. The highest BCUT2D eigenvalue weighted by molar-refractivity contribution is 5.73. The van der Waals surface area contributed by atoms with Crippen molar-refractivity contribution in [1.82, 2.24) is 10.6 Å². The van der Waals surface area contributed by atoms with Gasteiger partial charge in [0.05, 0.1) is 0 Å². The lowest BCUT2D eigenvalue weighted by atomic mass is 9.98. The maximum atomic E-state index is 10.6. The van der Waals surface area contributed by atoms with Crippen LogP contribution in [0.1, 0.15) is 19.8 Å². The summed E-state index contributed by atoms with van der Waals surface area (Å²) in [5, 5.41) is 13.3. The fourth-order valence-corrected chi connectivity index (χ4v) is 1.37. The van der Waals surface area contributed by atoms with Crippen LogP contribution in [0.2, 0.25) is 0 Å². The largest absolute Gasteiger partial charge is 0.490 e. The number of amides is 1. The van der Waals surface area contributed by atoms with Crippen molar-refractivity contribution in [2.45, 2.75) is 25.9 Å². The first-order chi connectivity index (χ1) is 8.23. The van der Waals surface area contributed by atoms with Crippen LogP contribution in [-0.2, 0) is 9.59 Å². The molecule has 0 atom stereocenters. The Balaban J connectivity index is 0.000000360. The van der Waals surface area contributed by atoms with Crippen molar-refractivity contribution < 1.29 is 27.9 Å².